The Kier molecular flexibility index (Phi) is 11.8. The molecule has 0 aliphatic heterocycles. The fraction of sp³-hybridized carbons (Fsp3) is 0.391. The van der Waals surface area contributed by atoms with Crippen LogP contribution in [-0.2, 0) is 4.74 Å². The molecule has 13 nitrogen and oxygen atoms in total. The number of hydrogen-bond donors (Lipinski definition) is 4. The topological polar surface area (TPSA) is 182 Å². The number of carbonyl (C=O) groups is 2. The first-order valence-electron chi connectivity index (χ1n) is 11.1. The first-order valence-corrected chi connectivity index (χ1v) is 11.1. The maximum Gasteiger partial charge on any atom is 0.407 e. The van der Waals surface area contributed by atoms with Crippen molar-refractivity contribution in [1.82, 2.24) is 20.9 Å². The molecule has 196 valence electrons. The summed E-state index contributed by atoms with van der Waals surface area (Å²) in [4.78, 5) is 34.9. The van der Waals surface area contributed by atoms with Crippen molar-refractivity contribution in [2.75, 3.05) is 25.5 Å². The van der Waals surface area contributed by atoms with Crippen molar-refractivity contribution in [1.29, 1.82) is 0 Å². The number of aromatic nitrogens is 2. The fourth-order valence-corrected chi connectivity index (χ4v) is 2.79. The number of nitro groups is 1. The number of carbonyl (C=O) groups excluding carboxylic acids is 2. The zero-order chi connectivity index (χ0) is 27.3. The standard InChI is InChI=1S/C20H22N6O6.C2H6.CH4O/c1-20(2,3)31-19(28)22-11-10-21-18(27)12-6-4-5-7-13(12)23-14-8-9-15(26(29)30)17-16(14)24-32-25-17;2*1-2/h4-9,23H,10-11H2,1-3H3,(H,21,27)(H,22,28);1-2H3;2H,1H3. The summed E-state index contributed by atoms with van der Waals surface area (Å²) >= 11 is 0. The first-order chi connectivity index (χ1) is 17.2. The summed E-state index contributed by atoms with van der Waals surface area (Å²) in [5, 5.41) is 33.8. The lowest BCUT2D eigenvalue weighted by molar-refractivity contribution is -0.383. The number of fused-ring (bicyclic) bond motifs is 1. The van der Waals surface area contributed by atoms with Crippen LogP contribution in [0.3, 0.4) is 0 Å². The number of non-ortho nitro benzene ring substituents is 1. The zero-order valence-electron chi connectivity index (χ0n) is 21.1. The van der Waals surface area contributed by atoms with Crippen molar-refractivity contribution in [3.63, 3.8) is 0 Å². The maximum absolute atomic E-state index is 12.7. The molecule has 13 heteroatoms. The van der Waals surface area contributed by atoms with Crippen molar-refractivity contribution in [2.24, 2.45) is 0 Å². The van der Waals surface area contributed by atoms with E-state index < -0.39 is 16.6 Å². The van der Waals surface area contributed by atoms with E-state index in [2.05, 4.69) is 30.9 Å². The van der Waals surface area contributed by atoms with Gasteiger partial charge in [0.25, 0.3) is 5.91 Å². The van der Waals surface area contributed by atoms with Crippen LogP contribution in [0.2, 0.25) is 0 Å². The molecule has 0 saturated carbocycles. The van der Waals surface area contributed by atoms with E-state index in [0.29, 0.717) is 16.9 Å². The van der Waals surface area contributed by atoms with E-state index in [-0.39, 0.29) is 35.7 Å². The van der Waals surface area contributed by atoms with E-state index >= 15 is 0 Å². The van der Waals surface area contributed by atoms with E-state index in [0.717, 1.165) is 7.11 Å². The summed E-state index contributed by atoms with van der Waals surface area (Å²) in [5.74, 6) is -0.379. The highest BCUT2D eigenvalue weighted by atomic mass is 16.6. The minimum atomic E-state index is -0.611. The molecule has 2 amide bonds. The normalized spacial score (nSPS) is 10.2. The van der Waals surface area contributed by atoms with Gasteiger partial charge in [0.1, 0.15) is 5.60 Å². The molecule has 1 heterocycles. The smallest absolute Gasteiger partial charge is 0.407 e. The third-order valence-corrected chi connectivity index (χ3v) is 4.11. The Labute approximate surface area is 208 Å². The zero-order valence-corrected chi connectivity index (χ0v) is 21.1. The molecule has 1 aromatic heterocycles. The monoisotopic (exact) mass is 504 g/mol. The number of rotatable bonds is 7. The van der Waals surface area contributed by atoms with Crippen molar-refractivity contribution in [2.45, 2.75) is 40.2 Å². The lowest BCUT2D eigenvalue weighted by Gasteiger charge is -2.19. The van der Waals surface area contributed by atoms with Gasteiger partial charge in [0, 0.05) is 26.3 Å². The number of hydrogen-bond acceptors (Lipinski definition) is 10. The molecule has 0 radical (unpaired) electrons. The summed E-state index contributed by atoms with van der Waals surface area (Å²) < 4.78 is 9.79. The molecule has 3 rings (SSSR count). The second kappa shape index (κ2) is 14.2. The van der Waals surface area contributed by atoms with Gasteiger partial charge in [-0.2, -0.15) is 0 Å². The number of ether oxygens (including phenoxy) is 1. The molecule has 0 bridgehead atoms. The molecule has 0 unspecified atom stereocenters. The Hall–Kier alpha value is -4.26. The van der Waals surface area contributed by atoms with Gasteiger partial charge < -0.3 is 25.8 Å². The fourth-order valence-electron chi connectivity index (χ4n) is 2.79. The molecule has 0 aliphatic carbocycles. The van der Waals surface area contributed by atoms with Gasteiger partial charge in [-0.15, -0.1) is 0 Å². The second-order valence-electron chi connectivity index (χ2n) is 7.71. The number of benzene rings is 2. The van der Waals surface area contributed by atoms with Gasteiger partial charge in [-0.05, 0) is 49.3 Å². The highest BCUT2D eigenvalue weighted by Gasteiger charge is 2.21. The molecule has 0 aliphatic rings. The number of nitrogens with one attached hydrogen (secondary N) is 3. The number of aliphatic hydroxyl groups excluding tert-OH is 1. The number of anilines is 2. The van der Waals surface area contributed by atoms with Gasteiger partial charge in [-0.25, -0.2) is 9.42 Å². The molecule has 0 atom stereocenters. The third-order valence-electron chi connectivity index (χ3n) is 4.11. The van der Waals surface area contributed by atoms with E-state index in [1.807, 2.05) is 13.8 Å². The Bertz CT molecular complexity index is 1160. The second-order valence-corrected chi connectivity index (χ2v) is 7.71. The summed E-state index contributed by atoms with van der Waals surface area (Å²) in [5.41, 5.74) is 0.469. The van der Waals surface area contributed by atoms with E-state index in [4.69, 9.17) is 9.84 Å². The minimum absolute atomic E-state index is 0.00449. The average molecular weight is 505 g/mol. The van der Waals surface area contributed by atoms with Gasteiger partial charge in [0.2, 0.25) is 5.52 Å². The number of nitro benzene ring substituents is 1. The van der Waals surface area contributed by atoms with E-state index in [9.17, 15) is 19.7 Å². The molecule has 36 heavy (non-hydrogen) atoms. The van der Waals surface area contributed by atoms with Crippen LogP contribution in [0.5, 0.6) is 0 Å². The van der Waals surface area contributed by atoms with Gasteiger partial charge in [0.15, 0.2) is 5.52 Å². The largest absolute Gasteiger partial charge is 0.444 e. The van der Waals surface area contributed by atoms with Gasteiger partial charge >= 0.3 is 11.8 Å². The van der Waals surface area contributed by atoms with Gasteiger partial charge in [-0.1, -0.05) is 26.0 Å². The van der Waals surface area contributed by atoms with Crippen LogP contribution in [0.25, 0.3) is 11.0 Å². The summed E-state index contributed by atoms with van der Waals surface area (Å²) in [6, 6.07) is 9.45. The molecule has 0 saturated heterocycles. The number of amides is 2. The Balaban J connectivity index is 0.00000154. The molecule has 0 spiro atoms. The molecule has 4 N–H and O–H groups in total. The van der Waals surface area contributed by atoms with Gasteiger partial charge in [0.05, 0.1) is 21.9 Å². The quantitative estimate of drug-likeness (QED) is 0.210. The van der Waals surface area contributed by atoms with E-state index in [1.54, 1.807) is 45.0 Å². The first kappa shape index (κ1) is 29.8. The Morgan fingerprint density at radius 3 is 2.25 bits per heavy atom. The molecular formula is C23H32N6O7. The summed E-state index contributed by atoms with van der Waals surface area (Å²) in [6.45, 7) is 9.63. The predicted molar refractivity (Wildman–Crippen MR) is 134 cm³/mol. The number of para-hydroxylation sites is 1. The summed E-state index contributed by atoms with van der Waals surface area (Å²) in [6.07, 6.45) is -0.572. The predicted octanol–water partition coefficient (Wildman–Crippen LogP) is 3.76. The van der Waals surface area contributed by atoms with E-state index in [1.165, 1.54) is 12.1 Å². The number of aliphatic hydroxyl groups is 1. The number of nitrogens with zero attached hydrogens (tertiary/aromatic N) is 3. The summed E-state index contributed by atoms with van der Waals surface area (Å²) in [7, 11) is 1.00. The van der Waals surface area contributed by atoms with Crippen LogP contribution in [0.1, 0.15) is 45.0 Å². The highest BCUT2D eigenvalue weighted by Crippen LogP contribution is 2.31. The van der Waals surface area contributed by atoms with Crippen LogP contribution >= 0.6 is 0 Å². The minimum Gasteiger partial charge on any atom is -0.444 e. The van der Waals surface area contributed by atoms with Crippen LogP contribution in [0.15, 0.2) is 41.0 Å². The molecule has 0 fully saturated rings. The Morgan fingerprint density at radius 2 is 1.61 bits per heavy atom. The SMILES string of the molecule is CC.CC(C)(C)OC(=O)NCCNC(=O)c1ccccc1Nc1ccc([N+](=O)[O-])c2nonc12.CO. The molecular weight excluding hydrogens is 472 g/mol. The highest BCUT2D eigenvalue weighted by molar-refractivity contribution is 6.02. The lowest BCUT2D eigenvalue weighted by atomic mass is 10.1. The van der Waals surface area contributed by atoms with Crippen molar-refractivity contribution in [3.8, 4) is 0 Å². The third kappa shape index (κ3) is 8.51. The molecule has 2 aromatic carbocycles. The van der Waals surface area contributed by atoms with Crippen molar-refractivity contribution in [3.05, 3.63) is 52.1 Å². The Morgan fingerprint density at radius 1 is 1.00 bits per heavy atom. The van der Waals surface area contributed by atoms with Crippen LogP contribution in [0.4, 0.5) is 21.9 Å². The molecule has 3 aromatic rings. The number of alkyl carbamates (subject to hydrolysis) is 1. The lowest BCUT2D eigenvalue weighted by Crippen LogP contribution is -2.38. The van der Waals surface area contributed by atoms with Crippen LogP contribution in [-0.4, -0.2) is 58.1 Å². The van der Waals surface area contributed by atoms with Crippen molar-refractivity contribution >= 4 is 40.1 Å². The van der Waals surface area contributed by atoms with Crippen molar-refractivity contribution < 1.29 is 29.0 Å². The maximum atomic E-state index is 12.7. The average Bonchev–Trinajstić information content (AvgIpc) is 3.34. The van der Waals surface area contributed by atoms with Gasteiger partial charge in [-0.3, -0.25) is 14.9 Å². The van der Waals surface area contributed by atoms with Crippen LogP contribution < -0.4 is 16.0 Å². The van der Waals surface area contributed by atoms with Crippen LogP contribution in [0, 0.1) is 10.1 Å².